The standard InChI is InChI=1S/C16H24ClN3O2S/c1-3-22-15(21)12-7-10-20(11-8-12)16(18-2)19-9-6-13-4-5-14(17)23-13/h4-5,12H,3,6-11H2,1-2H3,(H,18,19). The molecular weight excluding hydrogens is 334 g/mol. The Balaban J connectivity index is 1.75. The quantitative estimate of drug-likeness (QED) is 0.500. The number of hydrogen-bond donors (Lipinski definition) is 1. The zero-order valence-electron chi connectivity index (χ0n) is 13.7. The van der Waals surface area contributed by atoms with Crippen molar-refractivity contribution in [2.45, 2.75) is 26.2 Å². The molecule has 1 aromatic heterocycles. The smallest absolute Gasteiger partial charge is 0.309 e. The molecule has 0 saturated carbocycles. The van der Waals surface area contributed by atoms with E-state index in [0.717, 1.165) is 49.2 Å². The summed E-state index contributed by atoms with van der Waals surface area (Å²) in [6.07, 6.45) is 2.57. The largest absolute Gasteiger partial charge is 0.466 e. The van der Waals surface area contributed by atoms with Crippen molar-refractivity contribution in [2.24, 2.45) is 10.9 Å². The first-order valence-corrected chi connectivity index (χ1v) is 9.20. The molecule has 2 heterocycles. The Morgan fingerprint density at radius 2 is 2.22 bits per heavy atom. The first-order chi connectivity index (χ1) is 11.1. The maximum absolute atomic E-state index is 11.8. The minimum Gasteiger partial charge on any atom is -0.466 e. The van der Waals surface area contributed by atoms with Gasteiger partial charge in [-0.05, 0) is 38.3 Å². The van der Waals surface area contributed by atoms with Gasteiger partial charge in [0, 0.05) is 31.6 Å². The number of ether oxygens (including phenoxy) is 1. The fourth-order valence-electron chi connectivity index (χ4n) is 2.70. The van der Waals surface area contributed by atoms with E-state index < -0.39 is 0 Å². The fraction of sp³-hybridized carbons (Fsp3) is 0.625. The lowest BCUT2D eigenvalue weighted by Crippen LogP contribution is -2.47. The SMILES string of the molecule is CCOC(=O)C1CCN(C(=NC)NCCc2ccc(Cl)s2)CC1. The average Bonchev–Trinajstić information content (AvgIpc) is 2.97. The highest BCUT2D eigenvalue weighted by atomic mass is 35.5. The highest BCUT2D eigenvalue weighted by Gasteiger charge is 2.27. The molecule has 0 unspecified atom stereocenters. The Morgan fingerprint density at radius 3 is 2.78 bits per heavy atom. The molecule has 128 valence electrons. The van der Waals surface area contributed by atoms with E-state index in [1.54, 1.807) is 18.4 Å². The van der Waals surface area contributed by atoms with Crippen LogP contribution >= 0.6 is 22.9 Å². The third kappa shape index (κ3) is 5.39. The van der Waals surface area contributed by atoms with Gasteiger partial charge in [0.2, 0.25) is 0 Å². The van der Waals surface area contributed by atoms with Gasteiger partial charge in [0.15, 0.2) is 5.96 Å². The van der Waals surface area contributed by atoms with Crippen LogP contribution in [0.1, 0.15) is 24.6 Å². The highest BCUT2D eigenvalue weighted by Crippen LogP contribution is 2.21. The molecule has 1 aliphatic heterocycles. The van der Waals surface area contributed by atoms with Crippen LogP contribution < -0.4 is 5.32 Å². The van der Waals surface area contributed by atoms with E-state index in [2.05, 4.69) is 21.3 Å². The van der Waals surface area contributed by atoms with Crippen LogP contribution in [0.3, 0.4) is 0 Å². The number of carbonyl (C=O) groups is 1. The lowest BCUT2D eigenvalue weighted by molar-refractivity contribution is -0.149. The summed E-state index contributed by atoms with van der Waals surface area (Å²) in [6.45, 7) is 4.78. The van der Waals surface area contributed by atoms with E-state index in [1.807, 2.05) is 13.0 Å². The van der Waals surface area contributed by atoms with Gasteiger partial charge in [0.25, 0.3) is 0 Å². The van der Waals surface area contributed by atoms with Crippen LogP contribution in [0.15, 0.2) is 17.1 Å². The van der Waals surface area contributed by atoms with E-state index in [0.29, 0.717) is 6.61 Å². The van der Waals surface area contributed by atoms with Gasteiger partial charge >= 0.3 is 5.97 Å². The summed E-state index contributed by atoms with van der Waals surface area (Å²) in [6, 6.07) is 3.98. The predicted octanol–water partition coefficient (Wildman–Crippen LogP) is 2.79. The Labute approximate surface area is 146 Å². The Bertz CT molecular complexity index is 539. The van der Waals surface area contributed by atoms with Crippen molar-refractivity contribution < 1.29 is 9.53 Å². The summed E-state index contributed by atoms with van der Waals surface area (Å²) >= 11 is 7.55. The molecule has 1 fully saturated rings. The van der Waals surface area contributed by atoms with Gasteiger partial charge in [-0.2, -0.15) is 0 Å². The molecular formula is C16H24ClN3O2S. The second-order valence-corrected chi connectivity index (χ2v) is 7.24. The highest BCUT2D eigenvalue weighted by molar-refractivity contribution is 7.16. The molecule has 0 spiro atoms. The number of carbonyl (C=O) groups excluding carboxylic acids is 1. The van der Waals surface area contributed by atoms with Crippen molar-refractivity contribution in [3.63, 3.8) is 0 Å². The Morgan fingerprint density at radius 1 is 1.48 bits per heavy atom. The molecule has 0 bridgehead atoms. The third-order valence-electron chi connectivity index (χ3n) is 3.91. The van der Waals surface area contributed by atoms with Crippen LogP contribution in [-0.4, -0.2) is 50.1 Å². The van der Waals surface area contributed by atoms with Gasteiger partial charge in [-0.1, -0.05) is 11.6 Å². The van der Waals surface area contributed by atoms with Gasteiger partial charge < -0.3 is 15.0 Å². The molecule has 1 aliphatic rings. The van der Waals surface area contributed by atoms with Gasteiger partial charge in [-0.25, -0.2) is 0 Å². The van der Waals surface area contributed by atoms with Crippen LogP contribution in [0.2, 0.25) is 4.34 Å². The molecule has 1 aromatic rings. The second-order valence-electron chi connectivity index (χ2n) is 5.44. The van der Waals surface area contributed by atoms with Crippen LogP contribution in [0, 0.1) is 5.92 Å². The summed E-state index contributed by atoms with van der Waals surface area (Å²) in [7, 11) is 1.79. The summed E-state index contributed by atoms with van der Waals surface area (Å²) in [5.74, 6) is 0.859. The zero-order valence-corrected chi connectivity index (χ0v) is 15.3. The first-order valence-electron chi connectivity index (χ1n) is 8.00. The van der Waals surface area contributed by atoms with Crippen LogP contribution in [0.5, 0.6) is 0 Å². The van der Waals surface area contributed by atoms with E-state index in [4.69, 9.17) is 16.3 Å². The number of likely N-dealkylation sites (tertiary alicyclic amines) is 1. The van der Waals surface area contributed by atoms with Crippen LogP contribution in [-0.2, 0) is 16.0 Å². The van der Waals surface area contributed by atoms with E-state index in [1.165, 1.54) is 4.88 Å². The third-order valence-corrected chi connectivity index (χ3v) is 5.20. The molecule has 0 atom stereocenters. The molecule has 0 aliphatic carbocycles. The number of guanidine groups is 1. The number of nitrogens with zero attached hydrogens (tertiary/aromatic N) is 2. The number of thiophene rings is 1. The number of hydrogen-bond acceptors (Lipinski definition) is 4. The molecule has 7 heteroatoms. The number of piperidine rings is 1. The maximum atomic E-state index is 11.8. The van der Waals surface area contributed by atoms with Crippen LogP contribution in [0.25, 0.3) is 0 Å². The summed E-state index contributed by atoms with van der Waals surface area (Å²) < 4.78 is 5.93. The van der Waals surface area contributed by atoms with Crippen molar-refractivity contribution in [1.29, 1.82) is 0 Å². The Kier molecular flexibility index (Phi) is 7.17. The number of aliphatic imine (C=N–C) groups is 1. The van der Waals surface area contributed by atoms with Crippen molar-refractivity contribution in [3.05, 3.63) is 21.3 Å². The Hall–Kier alpha value is -1.27. The number of rotatable bonds is 5. The number of esters is 1. The minimum absolute atomic E-state index is 0.0255. The summed E-state index contributed by atoms with van der Waals surface area (Å²) in [5.41, 5.74) is 0. The average molecular weight is 358 g/mol. The summed E-state index contributed by atoms with van der Waals surface area (Å²) in [4.78, 5) is 19.6. The van der Waals surface area contributed by atoms with Gasteiger partial charge in [-0.3, -0.25) is 9.79 Å². The normalized spacial score (nSPS) is 16.5. The first kappa shape index (κ1) is 18.1. The van der Waals surface area contributed by atoms with Gasteiger partial charge in [0.1, 0.15) is 0 Å². The van der Waals surface area contributed by atoms with Crippen molar-refractivity contribution in [2.75, 3.05) is 33.3 Å². The topological polar surface area (TPSA) is 53.9 Å². The minimum atomic E-state index is -0.0651. The summed E-state index contributed by atoms with van der Waals surface area (Å²) in [5, 5.41) is 3.39. The fourth-order valence-corrected chi connectivity index (χ4v) is 3.79. The molecule has 23 heavy (non-hydrogen) atoms. The molecule has 1 saturated heterocycles. The molecule has 0 aromatic carbocycles. The zero-order chi connectivity index (χ0) is 16.7. The van der Waals surface area contributed by atoms with Gasteiger partial charge in [-0.15, -0.1) is 11.3 Å². The van der Waals surface area contributed by atoms with E-state index in [9.17, 15) is 4.79 Å². The van der Waals surface area contributed by atoms with Crippen molar-refractivity contribution in [1.82, 2.24) is 10.2 Å². The molecule has 2 rings (SSSR count). The lowest BCUT2D eigenvalue weighted by atomic mass is 9.97. The van der Waals surface area contributed by atoms with Gasteiger partial charge in [0.05, 0.1) is 16.9 Å². The van der Waals surface area contributed by atoms with E-state index in [-0.39, 0.29) is 11.9 Å². The lowest BCUT2D eigenvalue weighted by Gasteiger charge is -2.33. The maximum Gasteiger partial charge on any atom is 0.309 e. The monoisotopic (exact) mass is 357 g/mol. The van der Waals surface area contributed by atoms with E-state index >= 15 is 0 Å². The second kappa shape index (κ2) is 9.13. The number of halogens is 1. The van der Waals surface area contributed by atoms with Crippen LogP contribution in [0.4, 0.5) is 0 Å². The molecule has 5 nitrogen and oxygen atoms in total. The van der Waals surface area contributed by atoms with Crippen molar-refractivity contribution >= 4 is 34.9 Å². The van der Waals surface area contributed by atoms with Crippen molar-refractivity contribution in [3.8, 4) is 0 Å². The molecule has 0 radical (unpaired) electrons. The predicted molar refractivity (Wildman–Crippen MR) is 95.3 cm³/mol. The number of nitrogens with one attached hydrogen (secondary N) is 1. The molecule has 1 N–H and O–H groups in total. The molecule has 0 amide bonds.